The lowest BCUT2D eigenvalue weighted by Crippen LogP contribution is -2.56. The highest BCUT2D eigenvalue weighted by atomic mass is 19.4. The molecule has 5 rings (SSSR count). The maximum absolute atomic E-state index is 14.2. The van der Waals surface area contributed by atoms with Gasteiger partial charge in [0.2, 0.25) is 23.4 Å². The molecule has 1 aromatic heterocycles. The number of carbonyl (C=O) groups is 4. The smallest absolute Gasteiger partial charge is 0.438 e. The molecule has 1 saturated heterocycles. The summed E-state index contributed by atoms with van der Waals surface area (Å²) >= 11 is 0. The van der Waals surface area contributed by atoms with Crippen molar-refractivity contribution >= 4 is 34.9 Å². The number of aromatic nitrogens is 2. The molecular formula is C34H42F3N5O7. The van der Waals surface area contributed by atoms with Crippen LogP contribution in [0.25, 0.3) is 11.0 Å². The molecule has 266 valence electrons. The number of esters is 1. The molecule has 0 radical (unpaired) electrons. The highest BCUT2D eigenvalue weighted by Gasteiger charge is 2.62. The highest BCUT2D eigenvalue weighted by molar-refractivity contribution is 5.96. The molecule has 1 aliphatic carbocycles. The summed E-state index contributed by atoms with van der Waals surface area (Å²) in [7, 11) is 0. The van der Waals surface area contributed by atoms with Gasteiger partial charge in [0.1, 0.15) is 29.3 Å². The van der Waals surface area contributed by atoms with Crippen LogP contribution in [-0.2, 0) is 30.0 Å². The van der Waals surface area contributed by atoms with E-state index in [-0.39, 0.29) is 42.9 Å². The second-order valence-electron chi connectivity index (χ2n) is 13.6. The molecule has 3 aliphatic rings. The Morgan fingerprint density at radius 1 is 1.08 bits per heavy atom. The summed E-state index contributed by atoms with van der Waals surface area (Å²) in [6.07, 6.45) is 0.0481. The number of halogens is 3. The van der Waals surface area contributed by atoms with Crippen molar-refractivity contribution < 1.29 is 46.6 Å². The first-order valence-corrected chi connectivity index (χ1v) is 16.6. The first-order chi connectivity index (χ1) is 23.1. The van der Waals surface area contributed by atoms with E-state index < -0.39 is 71.0 Å². The monoisotopic (exact) mass is 689 g/mol. The number of fused-ring (bicyclic) bond motifs is 3. The minimum Gasteiger partial charge on any atom is -0.471 e. The Morgan fingerprint density at radius 2 is 1.80 bits per heavy atom. The Hall–Kier alpha value is -4.43. The van der Waals surface area contributed by atoms with Crippen LogP contribution in [0.1, 0.15) is 78.3 Å². The Balaban J connectivity index is 1.49. The number of hydrogen-bond acceptors (Lipinski definition) is 9. The predicted octanol–water partition coefficient (Wildman–Crippen LogP) is 4.85. The second-order valence-corrected chi connectivity index (χ2v) is 13.6. The van der Waals surface area contributed by atoms with Gasteiger partial charge in [0.05, 0.1) is 24.2 Å². The molecule has 2 N–H and O–H groups in total. The van der Waals surface area contributed by atoms with Crippen LogP contribution in [-0.4, -0.2) is 81.2 Å². The number of alkyl carbamates (subject to hydrolysis) is 1. The quantitative estimate of drug-likeness (QED) is 0.332. The van der Waals surface area contributed by atoms with Crippen molar-refractivity contribution in [3.63, 3.8) is 0 Å². The molecule has 3 amide bonds. The van der Waals surface area contributed by atoms with Crippen molar-refractivity contribution in [2.24, 2.45) is 5.92 Å². The zero-order valence-corrected chi connectivity index (χ0v) is 28.0. The third kappa shape index (κ3) is 8.42. The molecule has 0 bridgehead atoms. The highest BCUT2D eigenvalue weighted by Crippen LogP contribution is 2.46. The van der Waals surface area contributed by atoms with Gasteiger partial charge in [-0.25, -0.2) is 19.6 Å². The van der Waals surface area contributed by atoms with Crippen molar-refractivity contribution in [1.29, 1.82) is 0 Å². The van der Waals surface area contributed by atoms with Gasteiger partial charge in [-0.1, -0.05) is 37.1 Å². The SMILES string of the molecule is CCOC(=O)C12CC1C=CCCCCCC(NC(=O)OC(C)(C)C)C(=O)N1CC(Oc3nc4ccccc4nc3C(F)(F)F)CC1C(=O)N2. The standard InChI is InChI=1S/C34H42F3N5O7/c1-5-47-30(45)33-18-20(33)13-9-7-6-8-10-16-24(40-31(46)49-32(2,3)4)29(44)42-19-21(17-25(42)27(43)41-33)48-28-26(34(35,36)37)38-22-14-11-12-15-23(22)39-28/h9,11-15,20-21,24-25H,5-8,10,16-19H2,1-4H3,(H,40,46)(H,41,43). The van der Waals surface area contributed by atoms with Crippen molar-refractivity contribution in [3.05, 3.63) is 42.1 Å². The third-order valence-electron chi connectivity index (χ3n) is 8.66. The number of rotatable bonds is 5. The molecular weight excluding hydrogens is 647 g/mol. The number of nitrogens with one attached hydrogen (secondary N) is 2. The van der Waals surface area contributed by atoms with E-state index >= 15 is 0 Å². The molecule has 2 aliphatic heterocycles. The average molecular weight is 690 g/mol. The van der Waals surface area contributed by atoms with Crippen LogP contribution in [0, 0.1) is 5.92 Å². The summed E-state index contributed by atoms with van der Waals surface area (Å²) in [6, 6.07) is 3.66. The van der Waals surface area contributed by atoms with E-state index in [9.17, 15) is 32.3 Å². The molecule has 5 atom stereocenters. The molecule has 1 aromatic carbocycles. The Kier molecular flexibility index (Phi) is 10.4. The number of amides is 3. The number of ether oxygens (including phenoxy) is 3. The molecule has 2 fully saturated rings. The van der Waals surface area contributed by atoms with Crippen molar-refractivity contribution in [2.75, 3.05) is 13.2 Å². The Labute approximate surface area is 282 Å². The van der Waals surface area contributed by atoms with E-state index in [0.717, 1.165) is 12.8 Å². The lowest BCUT2D eigenvalue weighted by Gasteiger charge is -2.30. The van der Waals surface area contributed by atoms with Crippen LogP contribution < -0.4 is 15.4 Å². The van der Waals surface area contributed by atoms with Gasteiger partial charge in [-0.05, 0) is 65.5 Å². The minimum absolute atomic E-state index is 0.0178. The van der Waals surface area contributed by atoms with Gasteiger partial charge >= 0.3 is 18.2 Å². The van der Waals surface area contributed by atoms with Gasteiger partial charge in [-0.2, -0.15) is 13.2 Å². The maximum Gasteiger partial charge on any atom is 0.438 e. The summed E-state index contributed by atoms with van der Waals surface area (Å²) in [6.45, 7) is 6.47. The Bertz CT molecular complexity index is 1610. The lowest BCUT2D eigenvalue weighted by molar-refractivity contribution is -0.150. The van der Waals surface area contributed by atoms with Crippen molar-refractivity contribution in [2.45, 2.75) is 108 Å². The summed E-state index contributed by atoms with van der Waals surface area (Å²) < 4.78 is 59.0. The van der Waals surface area contributed by atoms with E-state index in [1.54, 1.807) is 33.8 Å². The van der Waals surface area contributed by atoms with Gasteiger partial charge in [0.15, 0.2) is 0 Å². The van der Waals surface area contributed by atoms with Crippen LogP contribution in [0.15, 0.2) is 36.4 Å². The fourth-order valence-corrected chi connectivity index (χ4v) is 6.25. The molecule has 2 aromatic rings. The van der Waals surface area contributed by atoms with Gasteiger partial charge in [-0.3, -0.25) is 9.59 Å². The average Bonchev–Trinajstić information content (AvgIpc) is 3.54. The largest absolute Gasteiger partial charge is 0.471 e. The summed E-state index contributed by atoms with van der Waals surface area (Å²) in [5, 5.41) is 5.44. The fraction of sp³-hybridized carbons (Fsp3) is 0.588. The number of allylic oxidation sites excluding steroid dienone is 1. The first-order valence-electron chi connectivity index (χ1n) is 16.6. The van der Waals surface area contributed by atoms with Crippen molar-refractivity contribution in [3.8, 4) is 5.88 Å². The number of nitrogens with zero attached hydrogens (tertiary/aromatic N) is 3. The molecule has 49 heavy (non-hydrogen) atoms. The molecule has 0 spiro atoms. The van der Waals surface area contributed by atoms with E-state index in [1.165, 1.54) is 23.1 Å². The van der Waals surface area contributed by atoms with Crippen LogP contribution in [0.5, 0.6) is 5.88 Å². The Morgan fingerprint density at radius 3 is 2.47 bits per heavy atom. The van der Waals surface area contributed by atoms with E-state index in [1.807, 2.05) is 12.2 Å². The van der Waals surface area contributed by atoms with Crippen molar-refractivity contribution in [1.82, 2.24) is 25.5 Å². The minimum atomic E-state index is -4.91. The number of alkyl halides is 3. The molecule has 12 nitrogen and oxygen atoms in total. The number of para-hydroxylation sites is 2. The van der Waals surface area contributed by atoms with Gasteiger partial charge in [-0.15, -0.1) is 0 Å². The van der Waals surface area contributed by atoms with E-state index in [0.29, 0.717) is 19.3 Å². The second kappa shape index (κ2) is 14.2. The maximum atomic E-state index is 14.2. The van der Waals surface area contributed by atoms with Crippen LogP contribution in [0.4, 0.5) is 18.0 Å². The summed E-state index contributed by atoms with van der Waals surface area (Å²) in [5.41, 5.74) is -3.36. The van der Waals surface area contributed by atoms with E-state index in [2.05, 4.69) is 20.6 Å². The summed E-state index contributed by atoms with van der Waals surface area (Å²) in [5.74, 6) is -3.07. The van der Waals surface area contributed by atoms with Gasteiger partial charge in [0.25, 0.3) is 0 Å². The van der Waals surface area contributed by atoms with Crippen LogP contribution in [0.3, 0.4) is 0 Å². The normalized spacial score (nSPS) is 26.5. The lowest BCUT2D eigenvalue weighted by atomic mass is 10.0. The van der Waals surface area contributed by atoms with Gasteiger partial charge < -0.3 is 29.7 Å². The molecule has 5 unspecified atom stereocenters. The summed E-state index contributed by atoms with van der Waals surface area (Å²) in [4.78, 5) is 63.3. The van der Waals surface area contributed by atoms with Gasteiger partial charge in [0, 0.05) is 12.3 Å². The molecule has 3 heterocycles. The predicted molar refractivity (Wildman–Crippen MR) is 170 cm³/mol. The van der Waals surface area contributed by atoms with Crippen LogP contribution >= 0.6 is 0 Å². The third-order valence-corrected chi connectivity index (χ3v) is 8.66. The van der Waals surface area contributed by atoms with Crippen LogP contribution in [0.2, 0.25) is 0 Å². The zero-order valence-electron chi connectivity index (χ0n) is 28.0. The number of benzene rings is 1. The molecule has 1 saturated carbocycles. The first kappa shape index (κ1) is 35.9. The zero-order chi connectivity index (χ0) is 35.6. The number of hydrogen-bond donors (Lipinski definition) is 2. The number of carbonyl (C=O) groups excluding carboxylic acids is 4. The fourth-order valence-electron chi connectivity index (χ4n) is 6.25. The molecule has 15 heteroatoms. The van der Waals surface area contributed by atoms with E-state index in [4.69, 9.17) is 14.2 Å². The topological polar surface area (TPSA) is 149 Å².